The summed E-state index contributed by atoms with van der Waals surface area (Å²) in [5, 5.41) is 6.10. The van der Waals surface area contributed by atoms with E-state index in [0.29, 0.717) is 38.7 Å². The van der Waals surface area contributed by atoms with Crippen LogP contribution in [0.3, 0.4) is 0 Å². The maximum atomic E-state index is 12.8. The van der Waals surface area contributed by atoms with Crippen LogP contribution >= 0.6 is 35.3 Å². The summed E-state index contributed by atoms with van der Waals surface area (Å²) < 4.78 is 15.9. The van der Waals surface area contributed by atoms with Gasteiger partial charge in [-0.05, 0) is 36.4 Å². The number of hydrogen-bond acceptors (Lipinski definition) is 7. The van der Waals surface area contributed by atoms with Crippen LogP contribution in [0.4, 0.5) is 10.8 Å². The lowest BCUT2D eigenvalue weighted by Crippen LogP contribution is -2.04. The normalized spacial score (nSPS) is 10.0. The van der Waals surface area contributed by atoms with E-state index in [1.807, 2.05) is 12.1 Å². The predicted octanol–water partition coefficient (Wildman–Crippen LogP) is 5.22. The third kappa shape index (κ3) is 4.67. The molecule has 9 heteroatoms. The number of carbonyl (C=O) groups is 1. The van der Waals surface area contributed by atoms with Crippen molar-refractivity contribution in [3.8, 4) is 17.2 Å². The zero-order valence-electron chi connectivity index (χ0n) is 15.3. The fourth-order valence-corrected chi connectivity index (χ4v) is 3.29. The van der Waals surface area contributed by atoms with Gasteiger partial charge in [0.2, 0.25) is 11.5 Å². The van der Waals surface area contributed by atoms with E-state index in [2.05, 4.69) is 10.3 Å². The molecule has 0 fully saturated rings. The summed E-state index contributed by atoms with van der Waals surface area (Å²) in [6, 6.07) is 10.4. The number of methoxy groups -OCH3 is 3. The molecular weight excluding hydrogens is 423 g/mol. The Balaban J connectivity index is 0.00000280. The van der Waals surface area contributed by atoms with Gasteiger partial charge in [-0.2, -0.15) is 0 Å². The van der Waals surface area contributed by atoms with Crippen molar-refractivity contribution >= 4 is 51.9 Å². The van der Waals surface area contributed by atoms with Crippen molar-refractivity contribution in [3.63, 3.8) is 0 Å². The summed E-state index contributed by atoms with van der Waals surface area (Å²) in [6.45, 7) is 0. The second kappa shape index (κ2) is 9.64. The fourth-order valence-electron chi connectivity index (χ4n) is 2.45. The third-order valence-electron chi connectivity index (χ3n) is 3.76. The highest BCUT2D eigenvalue weighted by atomic mass is 35.5. The van der Waals surface area contributed by atoms with Crippen molar-refractivity contribution in [2.45, 2.75) is 0 Å². The Morgan fingerprint density at radius 2 is 1.64 bits per heavy atom. The highest BCUT2D eigenvalue weighted by molar-refractivity contribution is 7.14. The van der Waals surface area contributed by atoms with Gasteiger partial charge in [0, 0.05) is 21.7 Å². The minimum Gasteiger partial charge on any atom is -0.493 e. The van der Waals surface area contributed by atoms with Crippen LogP contribution in [0.5, 0.6) is 17.2 Å². The summed E-state index contributed by atoms with van der Waals surface area (Å²) in [7, 11) is 4.52. The Labute approximate surface area is 177 Å². The highest BCUT2D eigenvalue weighted by Crippen LogP contribution is 2.38. The molecule has 3 rings (SSSR count). The lowest BCUT2D eigenvalue weighted by Gasteiger charge is -2.13. The lowest BCUT2D eigenvalue weighted by molar-refractivity contribution is 0.103. The minimum atomic E-state index is -0.241. The number of aromatic nitrogens is 1. The Hall–Kier alpha value is -2.48. The first-order chi connectivity index (χ1) is 13.0. The maximum Gasteiger partial charge on any atom is 0.212 e. The third-order valence-corrected chi connectivity index (χ3v) is 4.77. The van der Waals surface area contributed by atoms with Crippen molar-refractivity contribution in [3.05, 3.63) is 58.1 Å². The average Bonchev–Trinajstić information content (AvgIpc) is 3.16. The predicted molar refractivity (Wildman–Crippen MR) is 114 cm³/mol. The van der Waals surface area contributed by atoms with Crippen LogP contribution in [-0.4, -0.2) is 32.1 Å². The summed E-state index contributed by atoms with van der Waals surface area (Å²) in [5.41, 5.74) is 1.55. The number of ketones is 1. The van der Waals surface area contributed by atoms with E-state index in [1.165, 1.54) is 32.7 Å². The van der Waals surface area contributed by atoms with Crippen molar-refractivity contribution in [2.24, 2.45) is 0 Å². The van der Waals surface area contributed by atoms with E-state index >= 15 is 0 Å². The monoisotopic (exact) mass is 440 g/mol. The average molecular weight is 441 g/mol. The van der Waals surface area contributed by atoms with Gasteiger partial charge in [0.15, 0.2) is 16.6 Å². The summed E-state index contributed by atoms with van der Waals surface area (Å²) in [5.74, 6) is 1.01. The fraction of sp³-hybridized carbons (Fsp3) is 0.158. The standard InChI is InChI=1S/C19H17ClN2O4S.ClH/c1-24-15-8-11(9-16(25-2)18(15)26-3)17(23)14-10-27-19(22-14)21-13-6-4-12(20)5-7-13;/h4-10H,1-3H3,(H,21,22);1H. The van der Waals surface area contributed by atoms with Gasteiger partial charge in [0.05, 0.1) is 21.3 Å². The highest BCUT2D eigenvalue weighted by Gasteiger charge is 2.20. The number of anilines is 2. The number of thiazole rings is 1. The molecule has 0 bridgehead atoms. The van der Waals surface area contributed by atoms with Crippen LogP contribution in [0.25, 0.3) is 0 Å². The zero-order valence-corrected chi connectivity index (χ0v) is 17.7. The molecule has 0 atom stereocenters. The van der Waals surface area contributed by atoms with Crippen LogP contribution in [0.15, 0.2) is 41.8 Å². The Morgan fingerprint density at radius 3 is 2.18 bits per heavy atom. The van der Waals surface area contributed by atoms with E-state index in [4.69, 9.17) is 25.8 Å². The number of nitrogens with zero attached hydrogens (tertiary/aromatic N) is 1. The number of ether oxygens (including phenoxy) is 3. The van der Waals surface area contributed by atoms with Crippen molar-refractivity contribution < 1.29 is 19.0 Å². The van der Waals surface area contributed by atoms with Crippen LogP contribution < -0.4 is 19.5 Å². The molecule has 0 aliphatic carbocycles. The molecule has 28 heavy (non-hydrogen) atoms. The smallest absolute Gasteiger partial charge is 0.212 e. The first-order valence-corrected chi connectivity index (χ1v) is 9.14. The quantitative estimate of drug-likeness (QED) is 0.507. The molecule has 3 aromatic rings. The van der Waals surface area contributed by atoms with Gasteiger partial charge in [-0.25, -0.2) is 4.98 Å². The Kier molecular flexibility index (Phi) is 7.51. The van der Waals surface area contributed by atoms with E-state index in [1.54, 1.807) is 29.6 Å². The Bertz CT molecular complexity index is 936. The molecule has 0 spiro atoms. The minimum absolute atomic E-state index is 0. The molecule has 2 aromatic carbocycles. The van der Waals surface area contributed by atoms with E-state index < -0.39 is 0 Å². The largest absolute Gasteiger partial charge is 0.493 e. The lowest BCUT2D eigenvalue weighted by atomic mass is 10.1. The number of carbonyl (C=O) groups excluding carboxylic acids is 1. The molecular formula is C19H18Cl2N2O4S. The molecule has 0 saturated heterocycles. The van der Waals surface area contributed by atoms with Gasteiger partial charge in [-0.15, -0.1) is 23.7 Å². The topological polar surface area (TPSA) is 69.7 Å². The molecule has 1 N–H and O–H groups in total. The van der Waals surface area contributed by atoms with Crippen LogP contribution in [-0.2, 0) is 0 Å². The van der Waals surface area contributed by atoms with E-state index in [9.17, 15) is 4.79 Å². The first kappa shape index (κ1) is 21.8. The molecule has 1 heterocycles. The molecule has 148 valence electrons. The number of benzene rings is 2. The summed E-state index contributed by atoms with van der Waals surface area (Å²) in [6.07, 6.45) is 0. The second-order valence-electron chi connectivity index (χ2n) is 5.41. The molecule has 0 saturated carbocycles. The number of halogens is 2. The molecule has 0 aliphatic heterocycles. The number of hydrogen-bond donors (Lipinski definition) is 1. The van der Waals surface area contributed by atoms with Gasteiger partial charge in [-0.3, -0.25) is 4.79 Å². The second-order valence-corrected chi connectivity index (χ2v) is 6.71. The molecule has 0 amide bonds. The SMILES string of the molecule is COc1cc(C(=O)c2csc(Nc3ccc(Cl)cc3)n2)cc(OC)c1OC.Cl. The van der Waals surface area contributed by atoms with E-state index in [-0.39, 0.29) is 18.2 Å². The summed E-state index contributed by atoms with van der Waals surface area (Å²) >= 11 is 7.22. The van der Waals surface area contributed by atoms with Gasteiger partial charge in [0.25, 0.3) is 0 Å². The van der Waals surface area contributed by atoms with Crippen LogP contribution in [0.2, 0.25) is 5.02 Å². The van der Waals surface area contributed by atoms with Crippen molar-refractivity contribution in [1.29, 1.82) is 0 Å². The maximum absolute atomic E-state index is 12.8. The number of nitrogens with one attached hydrogen (secondary N) is 1. The van der Waals surface area contributed by atoms with Crippen molar-refractivity contribution in [1.82, 2.24) is 4.98 Å². The van der Waals surface area contributed by atoms with Gasteiger partial charge < -0.3 is 19.5 Å². The molecule has 6 nitrogen and oxygen atoms in total. The first-order valence-electron chi connectivity index (χ1n) is 7.88. The molecule has 1 aromatic heterocycles. The van der Waals surface area contributed by atoms with Gasteiger partial charge >= 0.3 is 0 Å². The van der Waals surface area contributed by atoms with Crippen LogP contribution in [0, 0.1) is 0 Å². The van der Waals surface area contributed by atoms with Crippen molar-refractivity contribution in [2.75, 3.05) is 26.6 Å². The summed E-state index contributed by atoms with van der Waals surface area (Å²) in [4.78, 5) is 17.2. The molecule has 0 unspecified atom stereocenters. The van der Waals surface area contributed by atoms with Gasteiger partial charge in [-0.1, -0.05) is 11.6 Å². The number of rotatable bonds is 7. The molecule has 0 radical (unpaired) electrons. The van der Waals surface area contributed by atoms with Crippen LogP contribution in [0.1, 0.15) is 16.1 Å². The van der Waals surface area contributed by atoms with E-state index in [0.717, 1.165) is 5.69 Å². The van der Waals surface area contributed by atoms with Gasteiger partial charge in [0.1, 0.15) is 5.69 Å². The zero-order chi connectivity index (χ0) is 19.4. The Morgan fingerprint density at radius 1 is 1.04 bits per heavy atom. The molecule has 0 aliphatic rings.